The molecule has 0 rings (SSSR count). The minimum Gasteiger partial charge on any atom is -0.464 e. The molecule has 0 aromatic carbocycles. The highest BCUT2D eigenvalue weighted by Crippen LogP contribution is 2.06. The molecular formula is C17H31NO3. The lowest BCUT2D eigenvalue weighted by atomic mass is 10.1. The van der Waals surface area contributed by atoms with Crippen LogP contribution in [0.1, 0.15) is 65.7 Å². The maximum absolute atomic E-state index is 11.6. The van der Waals surface area contributed by atoms with Crippen LogP contribution in [0.5, 0.6) is 0 Å². The number of likely N-dealkylation sites (N-methyl/N-ethyl adjacent to an activating group) is 1. The van der Waals surface area contributed by atoms with Crippen molar-refractivity contribution in [2.75, 3.05) is 20.2 Å². The van der Waals surface area contributed by atoms with Crippen molar-refractivity contribution in [3.63, 3.8) is 0 Å². The molecule has 0 aromatic rings. The van der Waals surface area contributed by atoms with Crippen LogP contribution in [0.25, 0.3) is 0 Å². The van der Waals surface area contributed by atoms with Crippen LogP contribution in [0.3, 0.4) is 0 Å². The van der Waals surface area contributed by atoms with E-state index in [1.165, 1.54) is 43.1 Å². The molecule has 0 heterocycles. The molecule has 0 unspecified atom stereocenters. The second kappa shape index (κ2) is 12.4. The zero-order chi connectivity index (χ0) is 16.1. The van der Waals surface area contributed by atoms with Crippen molar-refractivity contribution in [2.24, 2.45) is 0 Å². The summed E-state index contributed by atoms with van der Waals surface area (Å²) in [5.74, 6) is -0.498. The number of hydrogen-bond acceptors (Lipinski definition) is 3. The Kier molecular flexibility index (Phi) is 11.6. The van der Waals surface area contributed by atoms with Crippen molar-refractivity contribution >= 4 is 11.9 Å². The van der Waals surface area contributed by atoms with Crippen LogP contribution in [0.15, 0.2) is 11.6 Å². The Bertz CT molecular complexity index is 333. The van der Waals surface area contributed by atoms with Crippen LogP contribution in [0, 0.1) is 0 Å². The number of carbonyl (C=O) groups is 2. The van der Waals surface area contributed by atoms with Gasteiger partial charge in [0.2, 0.25) is 5.91 Å². The Morgan fingerprint density at radius 3 is 2.14 bits per heavy atom. The number of carbonyl (C=O) groups excluding carboxylic acids is 2. The molecular weight excluding hydrogens is 266 g/mol. The molecule has 4 nitrogen and oxygen atoms in total. The van der Waals surface area contributed by atoms with Gasteiger partial charge in [0.1, 0.15) is 6.54 Å². The van der Waals surface area contributed by atoms with Crippen molar-refractivity contribution in [1.29, 1.82) is 0 Å². The SMILES string of the molecule is CCCCCCCCCOC(=O)CN(C)C(=O)C=C(C)C. The average Bonchev–Trinajstić information content (AvgIpc) is 2.41. The highest BCUT2D eigenvalue weighted by molar-refractivity contribution is 5.90. The molecule has 0 saturated heterocycles. The third kappa shape index (κ3) is 12.2. The van der Waals surface area contributed by atoms with Gasteiger partial charge in [0, 0.05) is 13.1 Å². The lowest BCUT2D eigenvalue weighted by Gasteiger charge is -2.14. The van der Waals surface area contributed by atoms with E-state index in [4.69, 9.17) is 4.74 Å². The summed E-state index contributed by atoms with van der Waals surface area (Å²) in [5.41, 5.74) is 0.920. The van der Waals surface area contributed by atoms with Gasteiger partial charge in [-0.05, 0) is 20.3 Å². The molecule has 0 saturated carbocycles. The fourth-order valence-electron chi connectivity index (χ4n) is 1.92. The first-order valence-corrected chi connectivity index (χ1v) is 8.03. The van der Waals surface area contributed by atoms with Crippen LogP contribution < -0.4 is 0 Å². The van der Waals surface area contributed by atoms with Crippen LogP contribution in [-0.2, 0) is 14.3 Å². The normalized spacial score (nSPS) is 10.1. The maximum Gasteiger partial charge on any atom is 0.325 e. The Morgan fingerprint density at radius 2 is 1.57 bits per heavy atom. The van der Waals surface area contributed by atoms with Crippen LogP contribution in [-0.4, -0.2) is 37.0 Å². The van der Waals surface area contributed by atoms with E-state index in [0.717, 1.165) is 18.4 Å². The van der Waals surface area contributed by atoms with Gasteiger partial charge >= 0.3 is 5.97 Å². The fourth-order valence-corrected chi connectivity index (χ4v) is 1.92. The summed E-state index contributed by atoms with van der Waals surface area (Å²) in [6.45, 7) is 6.38. The van der Waals surface area contributed by atoms with Gasteiger partial charge in [0.15, 0.2) is 0 Å². The molecule has 0 aromatic heterocycles. The molecule has 0 aliphatic rings. The van der Waals surface area contributed by atoms with E-state index in [1.54, 1.807) is 7.05 Å². The van der Waals surface area contributed by atoms with Crippen molar-refractivity contribution < 1.29 is 14.3 Å². The summed E-state index contributed by atoms with van der Waals surface area (Å²) < 4.78 is 5.14. The molecule has 122 valence electrons. The second-order valence-corrected chi connectivity index (χ2v) is 5.76. The van der Waals surface area contributed by atoms with Gasteiger partial charge in [-0.3, -0.25) is 9.59 Å². The van der Waals surface area contributed by atoms with Crippen LogP contribution in [0.2, 0.25) is 0 Å². The second-order valence-electron chi connectivity index (χ2n) is 5.76. The maximum atomic E-state index is 11.6. The van der Waals surface area contributed by atoms with Gasteiger partial charge in [-0.15, -0.1) is 0 Å². The van der Waals surface area contributed by atoms with Gasteiger partial charge in [-0.25, -0.2) is 0 Å². The van der Waals surface area contributed by atoms with Gasteiger partial charge in [0.25, 0.3) is 0 Å². The molecule has 0 aliphatic heterocycles. The van der Waals surface area contributed by atoms with E-state index >= 15 is 0 Å². The number of esters is 1. The third-order valence-electron chi connectivity index (χ3n) is 3.17. The smallest absolute Gasteiger partial charge is 0.325 e. The Hall–Kier alpha value is -1.32. The van der Waals surface area contributed by atoms with E-state index in [1.807, 2.05) is 13.8 Å². The molecule has 0 radical (unpaired) electrons. The zero-order valence-electron chi connectivity index (χ0n) is 14.1. The van der Waals surface area contributed by atoms with Gasteiger partial charge < -0.3 is 9.64 Å². The summed E-state index contributed by atoms with van der Waals surface area (Å²) in [6.07, 6.45) is 9.86. The standard InChI is InChI=1S/C17H31NO3/c1-5-6-7-8-9-10-11-12-21-17(20)14-18(4)16(19)13-15(2)3/h13H,5-12,14H2,1-4H3. The lowest BCUT2D eigenvalue weighted by molar-refractivity contribution is -0.147. The number of allylic oxidation sites excluding steroid dienone is 1. The molecule has 0 spiro atoms. The summed E-state index contributed by atoms with van der Waals surface area (Å²) >= 11 is 0. The molecule has 0 aliphatic carbocycles. The number of hydrogen-bond donors (Lipinski definition) is 0. The highest BCUT2D eigenvalue weighted by atomic mass is 16.5. The van der Waals surface area contributed by atoms with Gasteiger partial charge in [-0.1, -0.05) is 51.0 Å². The molecule has 4 heteroatoms. The topological polar surface area (TPSA) is 46.6 Å². The summed E-state index contributed by atoms with van der Waals surface area (Å²) in [4.78, 5) is 24.6. The van der Waals surface area contributed by atoms with Crippen molar-refractivity contribution in [1.82, 2.24) is 4.90 Å². The number of ether oxygens (including phenoxy) is 1. The third-order valence-corrected chi connectivity index (χ3v) is 3.17. The molecule has 0 atom stereocenters. The number of nitrogens with zero attached hydrogens (tertiary/aromatic N) is 1. The Morgan fingerprint density at radius 1 is 1.00 bits per heavy atom. The monoisotopic (exact) mass is 297 g/mol. The summed E-state index contributed by atoms with van der Waals surface area (Å²) in [7, 11) is 1.61. The van der Waals surface area contributed by atoms with E-state index in [0.29, 0.717) is 6.61 Å². The predicted molar refractivity (Wildman–Crippen MR) is 86.0 cm³/mol. The lowest BCUT2D eigenvalue weighted by Crippen LogP contribution is -2.32. The first-order chi connectivity index (χ1) is 9.97. The first kappa shape index (κ1) is 19.7. The minimum atomic E-state index is -0.334. The summed E-state index contributed by atoms with van der Waals surface area (Å²) in [5, 5.41) is 0. The Balaban J connectivity index is 3.62. The summed E-state index contributed by atoms with van der Waals surface area (Å²) in [6, 6.07) is 0. The highest BCUT2D eigenvalue weighted by Gasteiger charge is 2.11. The van der Waals surface area contributed by atoms with E-state index in [-0.39, 0.29) is 18.4 Å². The average molecular weight is 297 g/mol. The van der Waals surface area contributed by atoms with Crippen molar-refractivity contribution in [2.45, 2.75) is 65.7 Å². The molecule has 0 bridgehead atoms. The Labute approximate surface area is 129 Å². The number of unbranched alkanes of at least 4 members (excludes halogenated alkanes) is 6. The van der Waals surface area contributed by atoms with Gasteiger partial charge in [0.05, 0.1) is 6.61 Å². The fraction of sp³-hybridized carbons (Fsp3) is 0.765. The minimum absolute atomic E-state index is 0.0130. The van der Waals surface area contributed by atoms with Crippen molar-refractivity contribution in [3.05, 3.63) is 11.6 Å². The molecule has 1 amide bonds. The molecule has 0 fully saturated rings. The van der Waals surface area contributed by atoms with Gasteiger partial charge in [-0.2, -0.15) is 0 Å². The quantitative estimate of drug-likeness (QED) is 0.332. The van der Waals surface area contributed by atoms with E-state index in [2.05, 4.69) is 6.92 Å². The van der Waals surface area contributed by atoms with Crippen LogP contribution in [0.4, 0.5) is 0 Å². The first-order valence-electron chi connectivity index (χ1n) is 8.03. The zero-order valence-corrected chi connectivity index (χ0v) is 14.1. The van der Waals surface area contributed by atoms with Crippen LogP contribution >= 0.6 is 0 Å². The largest absolute Gasteiger partial charge is 0.464 e. The van der Waals surface area contributed by atoms with E-state index in [9.17, 15) is 9.59 Å². The predicted octanol–water partition coefficient (Wildman–Crippen LogP) is 3.70. The number of amides is 1. The van der Waals surface area contributed by atoms with Crippen molar-refractivity contribution in [3.8, 4) is 0 Å². The number of rotatable bonds is 11. The molecule has 21 heavy (non-hydrogen) atoms. The van der Waals surface area contributed by atoms with E-state index < -0.39 is 0 Å². The molecule has 0 N–H and O–H groups in total.